The molecule has 2 saturated heterocycles. The molecule has 0 saturated carbocycles. The van der Waals surface area contributed by atoms with E-state index < -0.39 is 35.1 Å². The second-order valence-corrected chi connectivity index (χ2v) is 6.26. The molecule has 0 aliphatic carbocycles. The number of ether oxygens (including phenoxy) is 2. The van der Waals surface area contributed by atoms with E-state index in [9.17, 15) is 23.2 Å². The maximum atomic E-state index is 12.7. The molecule has 0 amide bonds. The van der Waals surface area contributed by atoms with Crippen LogP contribution in [0.1, 0.15) is 13.8 Å². The lowest BCUT2D eigenvalue weighted by molar-refractivity contribution is -0.322. The van der Waals surface area contributed by atoms with E-state index in [4.69, 9.17) is 9.47 Å². The summed E-state index contributed by atoms with van der Waals surface area (Å²) in [6, 6.07) is 0. The van der Waals surface area contributed by atoms with Crippen molar-refractivity contribution in [1.82, 2.24) is 0 Å². The van der Waals surface area contributed by atoms with Gasteiger partial charge in [-0.05, 0) is 13.8 Å². The molecule has 0 bridgehead atoms. The SMILES string of the molecule is CC1(C)OC[C@]2(O)S[C@@H]([B-](F)(F)F)[C@H](O)[C@@H]2O1. The fourth-order valence-electron chi connectivity index (χ4n) is 2.01. The minimum absolute atomic E-state index is 0.271. The van der Waals surface area contributed by atoms with Gasteiger partial charge in [0.2, 0.25) is 0 Å². The molecule has 0 radical (unpaired) electrons. The Kier molecular flexibility index (Phi) is 2.99. The normalized spacial score (nSPS) is 45.7. The van der Waals surface area contributed by atoms with Gasteiger partial charge in [0.15, 0.2) is 10.7 Å². The maximum Gasteiger partial charge on any atom is 0.493 e. The Labute approximate surface area is 101 Å². The number of aliphatic hydroxyl groups is 2. The second kappa shape index (κ2) is 3.77. The van der Waals surface area contributed by atoms with Gasteiger partial charge in [-0.15, -0.1) is 11.8 Å². The highest BCUT2D eigenvalue weighted by molar-refractivity contribution is 8.03. The van der Waals surface area contributed by atoms with E-state index in [2.05, 4.69) is 0 Å². The van der Waals surface area contributed by atoms with Crippen LogP contribution in [0.15, 0.2) is 0 Å². The van der Waals surface area contributed by atoms with Gasteiger partial charge in [0.1, 0.15) is 6.10 Å². The largest absolute Gasteiger partial charge is 0.493 e. The van der Waals surface area contributed by atoms with Crippen LogP contribution in [0.4, 0.5) is 12.9 Å². The fraction of sp³-hybridized carbons (Fsp3) is 1.00. The standard InChI is InChI=1S/C8H13BF3O4S/c1-7(2)15-3-8(14)5(16-7)4(13)6(17-8)9(10,11)12/h4-6,13-14H,3H2,1-2H3/q-1/t4-,5+,6-,8+/m1/s1. The number of thioether (sulfide) groups is 1. The summed E-state index contributed by atoms with van der Waals surface area (Å²) in [5.74, 6) is -1.11. The summed E-state index contributed by atoms with van der Waals surface area (Å²) in [6.45, 7) is -2.50. The van der Waals surface area contributed by atoms with Crippen molar-refractivity contribution in [2.75, 3.05) is 6.61 Å². The molecule has 2 aliphatic rings. The van der Waals surface area contributed by atoms with E-state index in [1.165, 1.54) is 13.8 Å². The zero-order valence-corrected chi connectivity index (χ0v) is 10.1. The summed E-state index contributed by atoms with van der Waals surface area (Å²) in [5, 5.41) is 17.7. The van der Waals surface area contributed by atoms with Gasteiger partial charge in [-0.25, -0.2) is 0 Å². The topological polar surface area (TPSA) is 58.9 Å². The van der Waals surface area contributed by atoms with Crippen LogP contribution in [0.5, 0.6) is 0 Å². The van der Waals surface area contributed by atoms with E-state index in [1.807, 2.05) is 0 Å². The van der Waals surface area contributed by atoms with E-state index in [0.717, 1.165) is 0 Å². The predicted molar refractivity (Wildman–Crippen MR) is 56.3 cm³/mol. The number of halogens is 3. The fourth-order valence-corrected chi connectivity index (χ4v) is 3.36. The van der Waals surface area contributed by atoms with Gasteiger partial charge in [0, 0.05) is 5.15 Å². The van der Waals surface area contributed by atoms with Gasteiger partial charge in [-0.1, -0.05) is 0 Å². The predicted octanol–water partition coefficient (Wildman–Crippen LogP) is 0.689. The Morgan fingerprint density at radius 2 is 1.94 bits per heavy atom. The molecule has 4 nitrogen and oxygen atoms in total. The highest BCUT2D eigenvalue weighted by atomic mass is 32.2. The molecular weight excluding hydrogens is 260 g/mol. The van der Waals surface area contributed by atoms with Gasteiger partial charge in [0.05, 0.1) is 12.7 Å². The molecule has 2 N–H and O–H groups in total. The summed E-state index contributed by atoms with van der Waals surface area (Å²) in [4.78, 5) is -1.84. The van der Waals surface area contributed by atoms with Crippen molar-refractivity contribution >= 4 is 18.7 Å². The van der Waals surface area contributed by atoms with Crippen molar-refractivity contribution in [3.63, 3.8) is 0 Å². The molecular formula is C8H13BF3O4S-. The van der Waals surface area contributed by atoms with Crippen LogP contribution in [0.3, 0.4) is 0 Å². The van der Waals surface area contributed by atoms with Crippen LogP contribution in [-0.2, 0) is 9.47 Å². The molecule has 100 valence electrons. The van der Waals surface area contributed by atoms with Crippen LogP contribution >= 0.6 is 11.8 Å². The van der Waals surface area contributed by atoms with Crippen LogP contribution in [0.25, 0.3) is 0 Å². The number of hydrogen-bond acceptors (Lipinski definition) is 5. The molecule has 2 aliphatic heterocycles. The van der Waals surface area contributed by atoms with Gasteiger partial charge in [-0.2, -0.15) is 0 Å². The summed E-state index contributed by atoms with van der Waals surface area (Å²) in [5.41, 5.74) is 0. The second-order valence-electron chi connectivity index (χ2n) is 4.77. The highest BCUT2D eigenvalue weighted by Gasteiger charge is 2.62. The summed E-state index contributed by atoms with van der Waals surface area (Å²) >= 11 is 0.271. The summed E-state index contributed by atoms with van der Waals surface area (Å²) in [6.07, 6.45) is -3.06. The number of fused-ring (bicyclic) bond motifs is 1. The van der Waals surface area contributed by atoms with Crippen LogP contribution in [0, 0.1) is 0 Å². The van der Waals surface area contributed by atoms with E-state index in [1.54, 1.807) is 0 Å². The first-order valence-corrected chi connectivity index (χ1v) is 6.03. The Balaban J connectivity index is 2.24. The van der Waals surface area contributed by atoms with Crippen molar-refractivity contribution in [2.24, 2.45) is 0 Å². The third kappa shape index (κ3) is 2.31. The van der Waals surface area contributed by atoms with Crippen molar-refractivity contribution in [1.29, 1.82) is 0 Å². The quantitative estimate of drug-likeness (QED) is 0.688. The maximum absolute atomic E-state index is 12.7. The molecule has 17 heavy (non-hydrogen) atoms. The number of aliphatic hydroxyl groups excluding tert-OH is 1. The van der Waals surface area contributed by atoms with Crippen molar-refractivity contribution in [3.05, 3.63) is 0 Å². The lowest BCUT2D eigenvalue weighted by atomic mass is 9.79. The Bertz CT molecular complexity index is 326. The smallest absolute Gasteiger partial charge is 0.448 e. The summed E-state index contributed by atoms with van der Waals surface area (Å²) in [7, 11) is 0. The lowest BCUT2D eigenvalue weighted by Crippen LogP contribution is -2.57. The molecule has 9 heteroatoms. The Hall–Kier alpha value is 0.0449. The zero-order chi connectivity index (χ0) is 13.1. The minimum atomic E-state index is -5.25. The molecule has 4 atom stereocenters. The third-order valence-electron chi connectivity index (χ3n) is 2.84. The van der Waals surface area contributed by atoms with Crippen molar-refractivity contribution in [3.8, 4) is 0 Å². The minimum Gasteiger partial charge on any atom is -0.448 e. The van der Waals surface area contributed by atoms with E-state index in [0.29, 0.717) is 0 Å². The van der Waals surface area contributed by atoms with E-state index in [-0.39, 0.29) is 18.4 Å². The van der Waals surface area contributed by atoms with Gasteiger partial charge >= 0.3 is 6.98 Å². The highest BCUT2D eigenvalue weighted by Crippen LogP contribution is 2.51. The zero-order valence-electron chi connectivity index (χ0n) is 9.27. The molecule has 2 fully saturated rings. The van der Waals surface area contributed by atoms with Crippen LogP contribution < -0.4 is 0 Å². The molecule has 0 aromatic rings. The average molecular weight is 273 g/mol. The molecule has 0 aromatic carbocycles. The average Bonchev–Trinajstić information content (AvgIpc) is 2.40. The lowest BCUT2D eigenvalue weighted by Gasteiger charge is -2.43. The van der Waals surface area contributed by atoms with E-state index >= 15 is 0 Å². The first kappa shape index (κ1) is 13.5. The first-order chi connectivity index (χ1) is 7.55. The van der Waals surface area contributed by atoms with Gasteiger partial charge in [0.25, 0.3) is 0 Å². The molecule has 0 aromatic heterocycles. The monoisotopic (exact) mass is 273 g/mol. The van der Waals surface area contributed by atoms with Gasteiger partial charge in [-0.3, -0.25) is 0 Å². The molecule has 0 unspecified atom stereocenters. The molecule has 2 rings (SSSR count). The molecule has 2 heterocycles. The third-order valence-corrected chi connectivity index (χ3v) is 4.46. The van der Waals surface area contributed by atoms with Crippen LogP contribution in [0.2, 0.25) is 0 Å². The first-order valence-electron chi connectivity index (χ1n) is 5.15. The number of rotatable bonds is 1. The van der Waals surface area contributed by atoms with Crippen molar-refractivity contribution in [2.45, 2.75) is 41.9 Å². The Morgan fingerprint density at radius 3 is 2.47 bits per heavy atom. The Morgan fingerprint density at radius 1 is 1.35 bits per heavy atom. The van der Waals surface area contributed by atoms with Crippen LogP contribution in [-0.4, -0.2) is 51.9 Å². The number of hydrogen-bond donors (Lipinski definition) is 2. The molecule has 0 spiro atoms. The van der Waals surface area contributed by atoms with Crippen molar-refractivity contribution < 1.29 is 32.6 Å². The summed E-state index contributed by atoms with van der Waals surface area (Å²) < 4.78 is 48.4. The van der Waals surface area contributed by atoms with Gasteiger partial charge < -0.3 is 32.6 Å².